The molecule has 148 valence electrons. The molecule has 3 rings (SSSR count). The SMILES string of the molecule is CCN1CC(CN(C)C(=O)CNC(=O)c2ccccc2F)Oc2ccccc21. The number of likely N-dealkylation sites (N-methyl/N-ethyl adjacent to an activating group) is 2. The first-order chi connectivity index (χ1) is 13.5. The van der Waals surface area contributed by atoms with Gasteiger partial charge in [-0.05, 0) is 31.2 Å². The second-order valence-electron chi connectivity index (χ2n) is 6.68. The van der Waals surface area contributed by atoms with Crippen LogP contribution < -0.4 is 15.0 Å². The summed E-state index contributed by atoms with van der Waals surface area (Å²) < 4.78 is 19.7. The van der Waals surface area contributed by atoms with Crippen molar-refractivity contribution in [2.45, 2.75) is 13.0 Å². The molecule has 1 N–H and O–H groups in total. The van der Waals surface area contributed by atoms with E-state index in [0.717, 1.165) is 18.0 Å². The molecule has 1 atom stereocenters. The van der Waals surface area contributed by atoms with Crippen molar-refractivity contribution in [2.75, 3.05) is 38.1 Å². The van der Waals surface area contributed by atoms with Gasteiger partial charge >= 0.3 is 0 Å². The standard InChI is InChI=1S/C21H24FN3O3/c1-3-25-14-15(28-19-11-7-6-10-18(19)25)13-24(2)20(26)12-23-21(27)16-8-4-5-9-17(16)22/h4-11,15H,3,12-14H2,1-2H3,(H,23,27). The van der Waals surface area contributed by atoms with Crippen molar-refractivity contribution < 1.29 is 18.7 Å². The average molecular weight is 385 g/mol. The number of anilines is 1. The first kappa shape index (κ1) is 19.7. The molecule has 0 saturated carbocycles. The van der Waals surface area contributed by atoms with Gasteiger partial charge < -0.3 is 19.9 Å². The minimum atomic E-state index is -0.616. The predicted molar refractivity (Wildman–Crippen MR) is 105 cm³/mol. The smallest absolute Gasteiger partial charge is 0.254 e. The number of nitrogens with zero attached hydrogens (tertiary/aromatic N) is 2. The van der Waals surface area contributed by atoms with Gasteiger partial charge in [0.25, 0.3) is 5.91 Å². The number of hydrogen-bond donors (Lipinski definition) is 1. The third-order valence-electron chi connectivity index (χ3n) is 4.73. The van der Waals surface area contributed by atoms with E-state index in [1.165, 1.54) is 23.1 Å². The molecule has 0 spiro atoms. The Bertz CT molecular complexity index is 858. The topological polar surface area (TPSA) is 61.9 Å². The van der Waals surface area contributed by atoms with Gasteiger partial charge in [0.1, 0.15) is 17.7 Å². The minimum absolute atomic E-state index is 0.0799. The van der Waals surface area contributed by atoms with E-state index in [4.69, 9.17) is 4.74 Å². The maximum atomic E-state index is 13.6. The summed E-state index contributed by atoms with van der Waals surface area (Å²) in [6, 6.07) is 13.5. The first-order valence-corrected chi connectivity index (χ1v) is 9.27. The fourth-order valence-corrected chi connectivity index (χ4v) is 3.21. The summed E-state index contributed by atoms with van der Waals surface area (Å²) in [5, 5.41) is 2.47. The normalized spacial score (nSPS) is 15.4. The van der Waals surface area contributed by atoms with Crippen molar-refractivity contribution in [3.05, 3.63) is 59.9 Å². The lowest BCUT2D eigenvalue weighted by atomic mass is 10.2. The molecule has 6 nitrogen and oxygen atoms in total. The summed E-state index contributed by atoms with van der Waals surface area (Å²) in [5.41, 5.74) is 0.969. The Morgan fingerprint density at radius 3 is 2.68 bits per heavy atom. The van der Waals surface area contributed by atoms with E-state index in [1.807, 2.05) is 24.3 Å². The van der Waals surface area contributed by atoms with Gasteiger partial charge in [-0.25, -0.2) is 4.39 Å². The van der Waals surface area contributed by atoms with Crippen molar-refractivity contribution in [3.8, 4) is 5.75 Å². The Kier molecular flexibility index (Phi) is 6.13. The van der Waals surface area contributed by atoms with Gasteiger partial charge in [-0.1, -0.05) is 24.3 Å². The molecule has 1 heterocycles. The number of amides is 2. The van der Waals surface area contributed by atoms with Crippen LogP contribution in [0.1, 0.15) is 17.3 Å². The molecule has 0 aromatic heterocycles. The molecule has 28 heavy (non-hydrogen) atoms. The lowest BCUT2D eigenvalue weighted by Crippen LogP contribution is -2.48. The Morgan fingerprint density at radius 1 is 1.21 bits per heavy atom. The highest BCUT2D eigenvalue weighted by molar-refractivity contribution is 5.96. The molecule has 1 aliphatic heterocycles. The van der Waals surface area contributed by atoms with Crippen molar-refractivity contribution >= 4 is 17.5 Å². The van der Waals surface area contributed by atoms with Gasteiger partial charge in [-0.2, -0.15) is 0 Å². The van der Waals surface area contributed by atoms with Crippen LogP contribution in [0.15, 0.2) is 48.5 Å². The quantitative estimate of drug-likeness (QED) is 0.829. The van der Waals surface area contributed by atoms with E-state index in [-0.39, 0.29) is 24.1 Å². The number of nitrogens with one attached hydrogen (secondary N) is 1. The van der Waals surface area contributed by atoms with Crippen LogP contribution in [-0.2, 0) is 4.79 Å². The number of carbonyl (C=O) groups is 2. The largest absolute Gasteiger partial charge is 0.485 e. The first-order valence-electron chi connectivity index (χ1n) is 9.27. The van der Waals surface area contributed by atoms with Crippen LogP contribution in [0, 0.1) is 5.82 Å². The van der Waals surface area contributed by atoms with Crippen molar-refractivity contribution in [3.63, 3.8) is 0 Å². The second kappa shape index (κ2) is 8.73. The number of ether oxygens (including phenoxy) is 1. The number of halogens is 1. The minimum Gasteiger partial charge on any atom is -0.485 e. The number of carbonyl (C=O) groups excluding carboxylic acids is 2. The zero-order chi connectivity index (χ0) is 20.1. The highest BCUT2D eigenvalue weighted by Gasteiger charge is 2.26. The lowest BCUT2D eigenvalue weighted by molar-refractivity contribution is -0.129. The van der Waals surface area contributed by atoms with Gasteiger partial charge in [0.15, 0.2) is 0 Å². The highest BCUT2D eigenvalue weighted by Crippen LogP contribution is 2.32. The maximum Gasteiger partial charge on any atom is 0.254 e. The molecule has 1 unspecified atom stereocenters. The van der Waals surface area contributed by atoms with Crippen molar-refractivity contribution in [1.82, 2.24) is 10.2 Å². The fourth-order valence-electron chi connectivity index (χ4n) is 3.21. The van der Waals surface area contributed by atoms with E-state index >= 15 is 0 Å². The molecular weight excluding hydrogens is 361 g/mol. The summed E-state index contributed by atoms with van der Waals surface area (Å²) in [6.45, 7) is 3.77. The molecule has 0 radical (unpaired) electrons. The average Bonchev–Trinajstić information content (AvgIpc) is 2.71. The molecule has 2 amide bonds. The van der Waals surface area contributed by atoms with Crippen LogP contribution in [-0.4, -0.2) is 56.0 Å². The molecule has 0 saturated heterocycles. The molecule has 2 aromatic rings. The van der Waals surface area contributed by atoms with E-state index in [9.17, 15) is 14.0 Å². The maximum absolute atomic E-state index is 13.6. The monoisotopic (exact) mass is 385 g/mol. The Balaban J connectivity index is 1.55. The number of hydrogen-bond acceptors (Lipinski definition) is 4. The van der Waals surface area contributed by atoms with Crippen LogP contribution in [0.4, 0.5) is 10.1 Å². The van der Waals surface area contributed by atoms with Gasteiger partial charge in [0, 0.05) is 13.6 Å². The third kappa shape index (κ3) is 4.42. The summed E-state index contributed by atoms with van der Waals surface area (Å²) >= 11 is 0. The second-order valence-corrected chi connectivity index (χ2v) is 6.68. The lowest BCUT2D eigenvalue weighted by Gasteiger charge is -2.37. The fraction of sp³-hybridized carbons (Fsp3) is 0.333. The highest BCUT2D eigenvalue weighted by atomic mass is 19.1. The molecule has 0 fully saturated rings. The van der Waals surface area contributed by atoms with Crippen LogP contribution >= 0.6 is 0 Å². The number of fused-ring (bicyclic) bond motifs is 1. The van der Waals surface area contributed by atoms with Crippen LogP contribution in [0.3, 0.4) is 0 Å². The van der Waals surface area contributed by atoms with Crippen molar-refractivity contribution in [1.29, 1.82) is 0 Å². The van der Waals surface area contributed by atoms with Gasteiger partial charge in [-0.3, -0.25) is 9.59 Å². The molecule has 0 aliphatic carbocycles. The zero-order valence-corrected chi connectivity index (χ0v) is 16.0. The van der Waals surface area contributed by atoms with Gasteiger partial charge in [-0.15, -0.1) is 0 Å². The summed E-state index contributed by atoms with van der Waals surface area (Å²) in [6.07, 6.45) is -0.175. The van der Waals surface area contributed by atoms with Crippen LogP contribution in [0.5, 0.6) is 5.75 Å². The van der Waals surface area contributed by atoms with Gasteiger partial charge in [0.2, 0.25) is 5.91 Å². The van der Waals surface area contributed by atoms with E-state index < -0.39 is 11.7 Å². The van der Waals surface area contributed by atoms with Gasteiger partial charge in [0.05, 0.1) is 30.9 Å². The number of para-hydroxylation sites is 2. The summed E-state index contributed by atoms with van der Waals surface area (Å²) in [4.78, 5) is 28.2. The Labute approximate surface area is 163 Å². The molecular formula is C21H24FN3O3. The Hall–Kier alpha value is -3.09. The molecule has 7 heteroatoms. The van der Waals surface area contributed by atoms with Crippen LogP contribution in [0.2, 0.25) is 0 Å². The van der Waals surface area contributed by atoms with E-state index in [1.54, 1.807) is 13.1 Å². The number of rotatable bonds is 6. The molecule has 1 aliphatic rings. The molecule has 0 bridgehead atoms. The predicted octanol–water partition coefficient (Wildman–Crippen LogP) is 2.30. The molecule has 2 aromatic carbocycles. The summed E-state index contributed by atoms with van der Waals surface area (Å²) in [5.74, 6) is -0.695. The zero-order valence-electron chi connectivity index (χ0n) is 16.0. The van der Waals surface area contributed by atoms with E-state index in [0.29, 0.717) is 13.1 Å². The van der Waals surface area contributed by atoms with Crippen LogP contribution in [0.25, 0.3) is 0 Å². The van der Waals surface area contributed by atoms with Crippen molar-refractivity contribution in [2.24, 2.45) is 0 Å². The summed E-state index contributed by atoms with van der Waals surface area (Å²) in [7, 11) is 1.66. The number of benzene rings is 2. The third-order valence-corrected chi connectivity index (χ3v) is 4.73. The Morgan fingerprint density at radius 2 is 1.93 bits per heavy atom. The van der Waals surface area contributed by atoms with E-state index in [2.05, 4.69) is 17.1 Å².